The summed E-state index contributed by atoms with van der Waals surface area (Å²) in [7, 11) is 0. The van der Waals surface area contributed by atoms with E-state index in [9.17, 15) is 29.9 Å². The van der Waals surface area contributed by atoms with Gasteiger partial charge in [-0.3, -0.25) is 10.1 Å². The number of aromatic nitrogens is 2. The molecule has 168 valence electrons. The minimum Gasteiger partial charge on any atom is -0.479 e. The lowest BCUT2D eigenvalue weighted by molar-refractivity contribution is -0.387. The van der Waals surface area contributed by atoms with E-state index >= 15 is 0 Å². The maximum Gasteiger partial charge on any atom is 0.392 e. The normalized spacial score (nSPS) is 11.3. The fraction of sp³-hybridized carbons (Fsp3) is 0.278. The van der Waals surface area contributed by atoms with Gasteiger partial charge < -0.3 is 19.7 Å². The van der Waals surface area contributed by atoms with Crippen molar-refractivity contribution in [2.45, 2.75) is 17.7 Å². The molecular weight excluding hydrogens is 464 g/mol. The molecule has 0 aliphatic carbocycles. The van der Waals surface area contributed by atoms with E-state index in [2.05, 4.69) is 9.97 Å². The predicted molar refractivity (Wildman–Crippen MR) is 114 cm³/mol. The molecular formula is C18H16N4O8S2. The van der Waals surface area contributed by atoms with E-state index in [-0.39, 0.29) is 28.5 Å². The van der Waals surface area contributed by atoms with Crippen LogP contribution in [0.3, 0.4) is 0 Å². The quantitative estimate of drug-likeness (QED) is 0.207. The Kier molecular flexibility index (Phi) is 8.62. The first-order valence-corrected chi connectivity index (χ1v) is 11.3. The van der Waals surface area contributed by atoms with Crippen molar-refractivity contribution >= 4 is 41.1 Å². The van der Waals surface area contributed by atoms with Gasteiger partial charge >= 0.3 is 29.4 Å². The monoisotopic (exact) mass is 480 g/mol. The average molecular weight is 480 g/mol. The molecule has 0 saturated heterocycles. The standard InChI is InChI=1S/C18H16N4O8S2/c1-31-6-5-11(17(25)26)29-14-13(22(27)28)15(21-18(20-14)32-2)30-12-7-9(8-19)3-4-10(12)16(23)24/h3-4,7,11H,5-6H2,1-2H3,(H,23,24)(H,25,26). The van der Waals surface area contributed by atoms with Crippen molar-refractivity contribution in [2.24, 2.45) is 0 Å². The van der Waals surface area contributed by atoms with Crippen LogP contribution in [0, 0.1) is 21.4 Å². The van der Waals surface area contributed by atoms with Crippen LogP contribution in [-0.4, -0.2) is 61.4 Å². The molecule has 0 aliphatic heterocycles. The number of nitro groups is 1. The molecule has 1 heterocycles. The highest BCUT2D eigenvalue weighted by Gasteiger charge is 2.32. The second-order valence-electron chi connectivity index (χ2n) is 5.88. The number of aromatic carboxylic acids is 1. The lowest BCUT2D eigenvalue weighted by Gasteiger charge is -2.15. The number of thioether (sulfide) groups is 2. The minimum atomic E-state index is -1.42. The highest BCUT2D eigenvalue weighted by atomic mass is 32.2. The number of hydrogen-bond acceptors (Lipinski definition) is 11. The maximum absolute atomic E-state index is 11.8. The molecule has 0 spiro atoms. The number of benzene rings is 1. The maximum atomic E-state index is 11.8. The molecule has 0 radical (unpaired) electrons. The molecule has 0 amide bonds. The molecule has 1 aromatic heterocycles. The first-order valence-electron chi connectivity index (χ1n) is 8.65. The van der Waals surface area contributed by atoms with Crippen molar-refractivity contribution in [1.82, 2.24) is 9.97 Å². The van der Waals surface area contributed by atoms with Gasteiger partial charge in [-0.2, -0.15) is 27.0 Å². The van der Waals surface area contributed by atoms with Crippen molar-refractivity contribution in [3.8, 4) is 23.6 Å². The largest absolute Gasteiger partial charge is 0.479 e. The number of carboxylic acids is 2. The van der Waals surface area contributed by atoms with E-state index in [0.29, 0.717) is 5.75 Å². The summed E-state index contributed by atoms with van der Waals surface area (Å²) in [6, 6.07) is 5.26. The van der Waals surface area contributed by atoms with Gasteiger partial charge in [-0.15, -0.1) is 0 Å². The van der Waals surface area contributed by atoms with Crippen molar-refractivity contribution in [3.63, 3.8) is 0 Å². The van der Waals surface area contributed by atoms with Crippen LogP contribution in [0.25, 0.3) is 0 Å². The van der Waals surface area contributed by atoms with Gasteiger partial charge in [0.25, 0.3) is 0 Å². The number of nitrogens with zero attached hydrogens (tertiary/aromatic N) is 4. The van der Waals surface area contributed by atoms with Gasteiger partial charge in [-0.1, -0.05) is 11.8 Å². The number of carbonyl (C=O) groups is 2. The summed E-state index contributed by atoms with van der Waals surface area (Å²) in [5, 5.41) is 39.6. The van der Waals surface area contributed by atoms with Crippen LogP contribution in [0.5, 0.6) is 17.5 Å². The molecule has 1 unspecified atom stereocenters. The summed E-state index contributed by atoms with van der Waals surface area (Å²) < 4.78 is 10.8. The zero-order chi connectivity index (χ0) is 23.8. The van der Waals surface area contributed by atoms with Crippen molar-refractivity contribution < 1.29 is 34.2 Å². The Hall–Kier alpha value is -3.57. The van der Waals surface area contributed by atoms with Crippen LogP contribution in [0.4, 0.5) is 5.69 Å². The van der Waals surface area contributed by atoms with Crippen LogP contribution in [-0.2, 0) is 4.79 Å². The van der Waals surface area contributed by atoms with E-state index in [1.54, 1.807) is 12.5 Å². The molecule has 0 saturated carbocycles. The number of rotatable bonds is 11. The van der Waals surface area contributed by atoms with Crippen LogP contribution in [0.15, 0.2) is 23.4 Å². The molecule has 14 heteroatoms. The molecule has 2 N–H and O–H groups in total. The summed E-state index contributed by atoms with van der Waals surface area (Å²) in [6.07, 6.45) is 1.96. The molecule has 0 fully saturated rings. The van der Waals surface area contributed by atoms with Crippen LogP contribution in [0.2, 0.25) is 0 Å². The number of ether oxygens (including phenoxy) is 2. The zero-order valence-electron chi connectivity index (χ0n) is 16.7. The Labute approximate surface area is 189 Å². The molecule has 12 nitrogen and oxygen atoms in total. The Balaban J connectivity index is 2.63. The number of carboxylic acid groups (broad SMARTS) is 2. The van der Waals surface area contributed by atoms with Gasteiger partial charge in [0.2, 0.25) is 0 Å². The molecule has 32 heavy (non-hydrogen) atoms. The van der Waals surface area contributed by atoms with Crippen LogP contribution < -0.4 is 9.47 Å². The first kappa shape index (κ1) is 24.7. The van der Waals surface area contributed by atoms with E-state index in [1.165, 1.54) is 17.8 Å². The van der Waals surface area contributed by atoms with Gasteiger partial charge in [0, 0.05) is 6.42 Å². The minimum absolute atomic E-state index is 0.0390. The fourth-order valence-electron chi connectivity index (χ4n) is 2.35. The summed E-state index contributed by atoms with van der Waals surface area (Å²) >= 11 is 2.34. The van der Waals surface area contributed by atoms with Gasteiger partial charge in [0.15, 0.2) is 11.3 Å². The van der Waals surface area contributed by atoms with Crippen LogP contribution >= 0.6 is 23.5 Å². The topological polar surface area (TPSA) is 186 Å². The first-order chi connectivity index (χ1) is 15.2. The highest BCUT2D eigenvalue weighted by molar-refractivity contribution is 7.98. The smallest absolute Gasteiger partial charge is 0.392 e. The van der Waals surface area contributed by atoms with Gasteiger partial charge in [0.1, 0.15) is 11.3 Å². The van der Waals surface area contributed by atoms with Crippen molar-refractivity contribution in [3.05, 3.63) is 39.4 Å². The molecule has 1 aromatic carbocycles. The zero-order valence-corrected chi connectivity index (χ0v) is 18.3. The van der Waals surface area contributed by atoms with Crippen molar-refractivity contribution in [1.29, 1.82) is 5.26 Å². The van der Waals surface area contributed by atoms with E-state index in [1.807, 2.05) is 6.07 Å². The van der Waals surface area contributed by atoms with Crippen LogP contribution in [0.1, 0.15) is 22.3 Å². The van der Waals surface area contributed by atoms with E-state index in [0.717, 1.165) is 23.9 Å². The second kappa shape index (κ2) is 11.2. The van der Waals surface area contributed by atoms with Gasteiger partial charge in [-0.25, -0.2) is 9.59 Å². The molecule has 2 rings (SSSR count). The summed E-state index contributed by atoms with van der Waals surface area (Å²) in [5.41, 5.74) is -1.20. The molecule has 0 bridgehead atoms. The number of hydrogen-bond donors (Lipinski definition) is 2. The summed E-state index contributed by atoms with van der Waals surface area (Å²) in [4.78, 5) is 41.7. The Bertz CT molecular complexity index is 1090. The van der Waals surface area contributed by atoms with E-state index < -0.39 is 40.4 Å². The number of nitriles is 1. The predicted octanol–water partition coefficient (Wildman–Crippen LogP) is 3.05. The second-order valence-corrected chi connectivity index (χ2v) is 7.64. The van der Waals surface area contributed by atoms with Crippen molar-refractivity contribution in [2.75, 3.05) is 18.3 Å². The third-order valence-corrected chi connectivity index (χ3v) is 5.02. The van der Waals surface area contributed by atoms with E-state index in [4.69, 9.17) is 14.7 Å². The Morgan fingerprint density at radius 3 is 2.50 bits per heavy atom. The number of aliphatic carboxylic acids is 1. The molecule has 0 aliphatic rings. The Morgan fingerprint density at radius 1 is 1.28 bits per heavy atom. The lowest BCUT2D eigenvalue weighted by atomic mass is 10.1. The SMILES string of the molecule is CSCCC(Oc1nc(SC)nc(Oc2cc(C#N)ccc2C(=O)O)c1[N+](=O)[O-])C(=O)O. The van der Waals surface area contributed by atoms with Gasteiger partial charge in [-0.05, 0) is 36.5 Å². The summed E-state index contributed by atoms with van der Waals surface area (Å²) in [5.74, 6) is -3.98. The third-order valence-electron chi connectivity index (χ3n) is 3.83. The Morgan fingerprint density at radius 2 is 1.97 bits per heavy atom. The average Bonchev–Trinajstić information content (AvgIpc) is 2.75. The highest BCUT2D eigenvalue weighted by Crippen LogP contribution is 2.39. The van der Waals surface area contributed by atoms with Gasteiger partial charge in [0.05, 0.1) is 16.6 Å². The molecule has 1 atom stereocenters. The summed E-state index contributed by atoms with van der Waals surface area (Å²) in [6.45, 7) is 0. The lowest BCUT2D eigenvalue weighted by Crippen LogP contribution is -2.28. The molecule has 2 aromatic rings. The fourth-order valence-corrected chi connectivity index (χ4v) is 3.14. The third kappa shape index (κ3) is 5.99.